The van der Waals surface area contributed by atoms with Gasteiger partial charge >= 0.3 is 5.97 Å². The molecule has 3 aromatic rings. The van der Waals surface area contributed by atoms with Crippen molar-refractivity contribution in [1.82, 2.24) is 20.0 Å². The van der Waals surface area contributed by atoms with Gasteiger partial charge in [0.1, 0.15) is 18.3 Å². The molecule has 202 valence electrons. The third kappa shape index (κ3) is 6.52. The van der Waals surface area contributed by atoms with Crippen molar-refractivity contribution < 1.29 is 23.1 Å². The Hall–Kier alpha value is -3.86. The number of aromatic nitrogens is 2. The number of amides is 1. The van der Waals surface area contributed by atoms with E-state index in [-0.39, 0.29) is 54.3 Å². The maximum atomic E-state index is 14.5. The molecule has 1 fully saturated rings. The van der Waals surface area contributed by atoms with Crippen LogP contribution in [0, 0.1) is 11.6 Å². The van der Waals surface area contributed by atoms with Crippen molar-refractivity contribution in [2.24, 2.45) is 0 Å². The van der Waals surface area contributed by atoms with E-state index in [4.69, 9.17) is 4.74 Å². The zero-order valence-electron chi connectivity index (χ0n) is 21.3. The quantitative estimate of drug-likeness (QED) is 0.405. The smallest absolute Gasteiger partial charge is 0.311 e. The normalized spacial score (nSPS) is 14.0. The van der Waals surface area contributed by atoms with Gasteiger partial charge in [0, 0.05) is 38.0 Å². The number of carbonyl (C=O) groups is 2. The van der Waals surface area contributed by atoms with Gasteiger partial charge in [-0.15, -0.1) is 0 Å². The third-order valence-electron chi connectivity index (χ3n) is 6.50. The number of anilines is 1. The number of esters is 1. The number of hydrogen-bond donors (Lipinski definition) is 1. The van der Waals surface area contributed by atoms with E-state index in [2.05, 4.69) is 15.3 Å². The lowest BCUT2D eigenvalue weighted by molar-refractivity contribution is -0.142. The van der Waals surface area contributed by atoms with Gasteiger partial charge in [0.15, 0.2) is 0 Å². The molecule has 1 aliphatic heterocycles. The number of nitrogens with one attached hydrogen (secondary N) is 1. The first kappa shape index (κ1) is 27.2. The highest BCUT2D eigenvalue weighted by atomic mass is 19.1. The number of halogens is 2. The van der Waals surface area contributed by atoms with Crippen LogP contribution in [0.15, 0.2) is 47.3 Å². The van der Waals surface area contributed by atoms with E-state index >= 15 is 0 Å². The summed E-state index contributed by atoms with van der Waals surface area (Å²) < 4.78 is 34.5. The predicted octanol–water partition coefficient (Wildman–Crippen LogP) is 2.46. The zero-order valence-corrected chi connectivity index (χ0v) is 21.3. The van der Waals surface area contributed by atoms with Crippen molar-refractivity contribution in [3.63, 3.8) is 0 Å². The van der Waals surface area contributed by atoms with Gasteiger partial charge in [0.25, 0.3) is 5.56 Å². The monoisotopic (exact) mass is 527 g/mol. The fourth-order valence-corrected chi connectivity index (χ4v) is 4.58. The molecule has 1 aromatic heterocycles. The van der Waals surface area contributed by atoms with Crippen LogP contribution in [-0.2, 0) is 27.4 Å². The molecule has 0 unspecified atom stereocenters. The Kier molecular flexibility index (Phi) is 9.01. The molecule has 11 heteroatoms. The molecule has 1 amide bonds. The number of ether oxygens (including phenoxy) is 1. The van der Waals surface area contributed by atoms with Crippen LogP contribution in [0.2, 0.25) is 0 Å². The lowest BCUT2D eigenvalue weighted by Crippen LogP contribution is -2.47. The first-order valence-corrected chi connectivity index (χ1v) is 12.7. The summed E-state index contributed by atoms with van der Waals surface area (Å²) >= 11 is 0. The van der Waals surface area contributed by atoms with Gasteiger partial charge in [-0.25, -0.2) is 13.5 Å². The first-order chi connectivity index (χ1) is 18.4. The molecular weight excluding hydrogens is 496 g/mol. The summed E-state index contributed by atoms with van der Waals surface area (Å²) in [5, 5.41) is 6.91. The van der Waals surface area contributed by atoms with Crippen molar-refractivity contribution >= 4 is 28.3 Å². The predicted molar refractivity (Wildman–Crippen MR) is 139 cm³/mol. The van der Waals surface area contributed by atoms with Gasteiger partial charge in [-0.2, -0.15) is 5.10 Å². The Morgan fingerprint density at radius 3 is 2.50 bits per heavy atom. The molecule has 38 heavy (non-hydrogen) atoms. The number of hydrogen-bond acceptors (Lipinski definition) is 7. The van der Waals surface area contributed by atoms with Crippen LogP contribution in [0.1, 0.15) is 25.5 Å². The Bertz CT molecular complexity index is 1360. The summed E-state index contributed by atoms with van der Waals surface area (Å²) in [7, 11) is 0. The second-order valence-corrected chi connectivity index (χ2v) is 9.04. The van der Waals surface area contributed by atoms with Gasteiger partial charge in [-0.1, -0.05) is 24.3 Å². The minimum absolute atomic E-state index is 0.183. The molecule has 0 spiro atoms. The summed E-state index contributed by atoms with van der Waals surface area (Å²) in [6.07, 6.45) is 0.612. The van der Waals surface area contributed by atoms with Gasteiger partial charge in [0.05, 0.1) is 29.8 Å². The summed E-state index contributed by atoms with van der Waals surface area (Å²) in [5.74, 6) is -1.78. The van der Waals surface area contributed by atoms with Gasteiger partial charge < -0.3 is 15.0 Å². The summed E-state index contributed by atoms with van der Waals surface area (Å²) in [6.45, 7) is 5.25. The van der Waals surface area contributed by atoms with E-state index < -0.39 is 17.3 Å². The van der Waals surface area contributed by atoms with Crippen LogP contribution in [0.4, 0.5) is 14.5 Å². The molecule has 0 atom stereocenters. The van der Waals surface area contributed by atoms with Crippen LogP contribution >= 0.6 is 0 Å². The average molecular weight is 528 g/mol. The molecule has 0 radical (unpaired) electrons. The van der Waals surface area contributed by atoms with Crippen molar-refractivity contribution in [3.05, 3.63) is 70.1 Å². The highest BCUT2D eigenvalue weighted by molar-refractivity contribution is 5.87. The number of carbonyl (C=O) groups excluding carboxylic acids is 2. The maximum Gasteiger partial charge on any atom is 0.311 e. The van der Waals surface area contributed by atoms with Crippen LogP contribution in [0.5, 0.6) is 0 Å². The Labute approximate surface area is 219 Å². The van der Waals surface area contributed by atoms with E-state index in [9.17, 15) is 23.2 Å². The zero-order chi connectivity index (χ0) is 27.1. The van der Waals surface area contributed by atoms with Gasteiger partial charge in [0.2, 0.25) is 5.91 Å². The van der Waals surface area contributed by atoms with Gasteiger partial charge in [-0.05, 0) is 38.1 Å². The SMILES string of the molecule is CCOC(=O)Cc1nn(CNC(=O)CCCN2CCN(c3ccccc3F)CC2)c(=O)c2c(F)cccc12. The fraction of sp³-hybridized carbons (Fsp3) is 0.407. The molecule has 9 nitrogen and oxygen atoms in total. The Balaban J connectivity index is 1.30. The van der Waals surface area contributed by atoms with Crippen molar-refractivity contribution in [1.29, 1.82) is 0 Å². The molecule has 0 bridgehead atoms. The molecular formula is C27H31F2N5O4. The maximum absolute atomic E-state index is 14.5. The topological polar surface area (TPSA) is 96.8 Å². The van der Waals surface area contributed by atoms with Crippen LogP contribution < -0.4 is 15.8 Å². The molecule has 2 heterocycles. The van der Waals surface area contributed by atoms with E-state index in [1.54, 1.807) is 19.1 Å². The Morgan fingerprint density at radius 1 is 1.03 bits per heavy atom. The van der Waals surface area contributed by atoms with E-state index in [1.807, 2.05) is 11.0 Å². The van der Waals surface area contributed by atoms with Crippen molar-refractivity contribution in [3.8, 4) is 0 Å². The Morgan fingerprint density at radius 2 is 1.76 bits per heavy atom. The number of fused-ring (bicyclic) bond motifs is 1. The minimum Gasteiger partial charge on any atom is -0.466 e. The highest BCUT2D eigenvalue weighted by Crippen LogP contribution is 2.20. The molecule has 0 saturated carbocycles. The standard InChI is InChI=1S/C27H31F2N5O4/c1-2-38-25(36)17-22-19-7-5-9-21(29)26(19)27(37)34(31-22)18-30-24(35)11-6-12-32-13-15-33(16-14-32)23-10-4-3-8-20(23)28/h3-5,7-10H,2,6,11-18H2,1H3,(H,30,35). The largest absolute Gasteiger partial charge is 0.466 e. The molecule has 1 aliphatic rings. The van der Waals surface area contributed by atoms with E-state index in [0.717, 1.165) is 23.8 Å². The molecule has 0 aliphatic carbocycles. The summed E-state index contributed by atoms with van der Waals surface area (Å²) in [4.78, 5) is 41.6. The van der Waals surface area contributed by atoms with E-state index in [1.165, 1.54) is 18.2 Å². The summed E-state index contributed by atoms with van der Waals surface area (Å²) in [6, 6.07) is 10.9. The van der Waals surface area contributed by atoms with Crippen LogP contribution in [-0.4, -0.2) is 65.9 Å². The molecule has 1 saturated heterocycles. The number of piperazine rings is 1. The van der Waals surface area contributed by atoms with Crippen LogP contribution in [0.25, 0.3) is 10.8 Å². The average Bonchev–Trinajstić information content (AvgIpc) is 2.90. The number of rotatable bonds is 10. The molecule has 2 aromatic carbocycles. The lowest BCUT2D eigenvalue weighted by atomic mass is 10.1. The third-order valence-corrected chi connectivity index (χ3v) is 6.50. The van der Waals surface area contributed by atoms with Gasteiger partial charge in [-0.3, -0.25) is 19.3 Å². The fourth-order valence-electron chi connectivity index (χ4n) is 4.58. The number of para-hydroxylation sites is 1. The summed E-state index contributed by atoms with van der Waals surface area (Å²) in [5.41, 5.74) is 0.106. The second kappa shape index (κ2) is 12.6. The molecule has 4 rings (SSSR count). The number of nitrogens with zero attached hydrogens (tertiary/aromatic N) is 4. The lowest BCUT2D eigenvalue weighted by Gasteiger charge is -2.36. The van der Waals surface area contributed by atoms with Crippen molar-refractivity contribution in [2.45, 2.75) is 32.9 Å². The van der Waals surface area contributed by atoms with Crippen molar-refractivity contribution in [2.75, 3.05) is 44.2 Å². The van der Waals surface area contributed by atoms with E-state index in [0.29, 0.717) is 31.7 Å². The molecule has 1 N–H and O–H groups in total. The minimum atomic E-state index is -0.727. The first-order valence-electron chi connectivity index (χ1n) is 12.7. The highest BCUT2D eigenvalue weighted by Gasteiger charge is 2.20. The number of benzene rings is 2. The second-order valence-electron chi connectivity index (χ2n) is 9.04. The van der Waals surface area contributed by atoms with Crippen LogP contribution in [0.3, 0.4) is 0 Å².